The minimum Gasteiger partial charge on any atom is -0.345 e. The Labute approximate surface area is 183 Å². The zero-order chi connectivity index (χ0) is 21.3. The fraction of sp³-hybridized carbons (Fsp3) is 0.300. The van der Waals surface area contributed by atoms with Gasteiger partial charge in [-0.25, -0.2) is 13.1 Å². The number of nitrogens with one attached hydrogen (secondary N) is 1. The summed E-state index contributed by atoms with van der Waals surface area (Å²) in [6.07, 6.45) is 7.71. The van der Waals surface area contributed by atoms with Gasteiger partial charge in [0.1, 0.15) is 10.6 Å². The fourth-order valence-corrected chi connectivity index (χ4v) is 5.43. The Kier molecular flexibility index (Phi) is 5.81. The first kappa shape index (κ1) is 20.8. The lowest BCUT2D eigenvalue weighted by Crippen LogP contribution is -2.35. The summed E-state index contributed by atoms with van der Waals surface area (Å²) >= 11 is 3.37. The summed E-state index contributed by atoms with van der Waals surface area (Å²) in [7, 11) is -1.94. The van der Waals surface area contributed by atoms with Gasteiger partial charge in [-0.15, -0.1) is 0 Å². The molecule has 0 spiro atoms. The van der Waals surface area contributed by atoms with Crippen molar-refractivity contribution in [2.75, 3.05) is 18.4 Å². The molecule has 10 heteroatoms. The number of nitrogens with zero attached hydrogens (tertiary/aromatic N) is 4. The molecule has 0 saturated carbocycles. The van der Waals surface area contributed by atoms with E-state index < -0.39 is 15.9 Å². The van der Waals surface area contributed by atoms with Crippen molar-refractivity contribution in [1.29, 1.82) is 0 Å². The normalized spacial score (nSPS) is 15.3. The number of amides is 1. The molecule has 8 nitrogen and oxygen atoms in total. The van der Waals surface area contributed by atoms with Crippen LogP contribution in [0.5, 0.6) is 0 Å². The molecule has 0 atom stereocenters. The molecule has 0 unspecified atom stereocenters. The smallest absolute Gasteiger partial charge is 0.272 e. The number of sulfonamides is 1. The average Bonchev–Trinajstić information content (AvgIpc) is 3.35. The predicted molar refractivity (Wildman–Crippen MR) is 117 cm³/mol. The first-order valence-electron chi connectivity index (χ1n) is 9.64. The van der Waals surface area contributed by atoms with Crippen LogP contribution in [0.15, 0.2) is 58.3 Å². The maximum Gasteiger partial charge on any atom is 0.272 e. The zero-order valence-corrected chi connectivity index (χ0v) is 18.9. The number of aryl methyl sites for hydroxylation is 1. The lowest BCUT2D eigenvalue weighted by Gasteiger charge is -2.25. The molecule has 1 aliphatic rings. The highest BCUT2D eigenvalue weighted by molar-refractivity contribution is 9.10. The maximum atomic E-state index is 13.0. The molecule has 0 aliphatic carbocycles. The average molecular weight is 492 g/mol. The molecule has 1 aliphatic heterocycles. The molecule has 158 valence electrons. The lowest BCUT2D eigenvalue weighted by molar-refractivity contribution is 0.101. The van der Waals surface area contributed by atoms with Crippen LogP contribution >= 0.6 is 15.9 Å². The number of rotatable bonds is 5. The van der Waals surface area contributed by atoms with Gasteiger partial charge in [-0.1, -0.05) is 18.6 Å². The first-order chi connectivity index (χ1) is 14.4. The summed E-state index contributed by atoms with van der Waals surface area (Å²) in [4.78, 5) is 13.1. The number of carbonyl (C=O) groups is 1. The Morgan fingerprint density at radius 2 is 1.87 bits per heavy atom. The van der Waals surface area contributed by atoms with Gasteiger partial charge in [0.2, 0.25) is 10.0 Å². The Balaban J connectivity index is 1.60. The number of hydrogen-bond acceptors (Lipinski definition) is 4. The molecule has 3 heterocycles. The Morgan fingerprint density at radius 1 is 1.13 bits per heavy atom. The van der Waals surface area contributed by atoms with Crippen molar-refractivity contribution in [2.24, 2.45) is 7.05 Å². The maximum absolute atomic E-state index is 13.0. The highest BCUT2D eigenvalue weighted by Gasteiger charge is 2.28. The van der Waals surface area contributed by atoms with Crippen molar-refractivity contribution in [1.82, 2.24) is 18.7 Å². The number of carbonyl (C=O) groups excluding carboxylic acids is 1. The second-order valence-electron chi connectivity index (χ2n) is 7.21. The molecule has 0 radical (unpaired) electrons. The van der Waals surface area contributed by atoms with Gasteiger partial charge in [-0.05, 0) is 47.0 Å². The van der Waals surface area contributed by atoms with Crippen LogP contribution in [0.1, 0.15) is 29.8 Å². The second kappa shape index (κ2) is 8.37. The van der Waals surface area contributed by atoms with Crippen molar-refractivity contribution < 1.29 is 13.2 Å². The molecule has 1 aromatic carbocycles. The van der Waals surface area contributed by atoms with Gasteiger partial charge >= 0.3 is 0 Å². The number of benzene rings is 1. The van der Waals surface area contributed by atoms with Gasteiger partial charge in [-0.3, -0.25) is 4.79 Å². The highest BCUT2D eigenvalue weighted by Crippen LogP contribution is 2.25. The van der Waals surface area contributed by atoms with Crippen LogP contribution in [0.2, 0.25) is 0 Å². The molecular weight excluding hydrogens is 470 g/mol. The molecule has 4 rings (SSSR count). The third kappa shape index (κ3) is 4.07. The molecule has 2 aromatic heterocycles. The first-order valence-corrected chi connectivity index (χ1v) is 11.9. The van der Waals surface area contributed by atoms with Gasteiger partial charge < -0.3 is 9.88 Å². The molecule has 30 heavy (non-hydrogen) atoms. The summed E-state index contributed by atoms with van der Waals surface area (Å²) in [5.74, 6) is -0.392. The van der Waals surface area contributed by atoms with Crippen LogP contribution in [0, 0.1) is 0 Å². The minimum atomic E-state index is -3.61. The van der Waals surface area contributed by atoms with E-state index >= 15 is 0 Å². The number of halogens is 1. The van der Waals surface area contributed by atoms with E-state index in [0.717, 1.165) is 23.7 Å². The highest BCUT2D eigenvalue weighted by atomic mass is 79.9. The second-order valence-corrected chi connectivity index (χ2v) is 10.1. The van der Waals surface area contributed by atoms with E-state index in [4.69, 9.17) is 0 Å². The Bertz CT molecular complexity index is 1180. The molecule has 1 fully saturated rings. The van der Waals surface area contributed by atoms with Gasteiger partial charge in [0.15, 0.2) is 0 Å². The van der Waals surface area contributed by atoms with Crippen molar-refractivity contribution in [3.63, 3.8) is 0 Å². The van der Waals surface area contributed by atoms with E-state index in [1.807, 2.05) is 18.2 Å². The van der Waals surface area contributed by atoms with Crippen molar-refractivity contribution in [2.45, 2.75) is 24.2 Å². The summed E-state index contributed by atoms with van der Waals surface area (Å²) < 4.78 is 31.4. The SMILES string of the molecule is Cn1cc(S(=O)(=O)N2CCCCC2)cc1C(=O)Nc1ccccc1-n1cc(Br)cn1. The van der Waals surface area contributed by atoms with Crippen LogP contribution in [-0.2, 0) is 17.1 Å². The molecule has 1 saturated heterocycles. The van der Waals surface area contributed by atoms with Crippen LogP contribution in [0.3, 0.4) is 0 Å². The fourth-order valence-electron chi connectivity index (χ4n) is 3.55. The number of aromatic nitrogens is 3. The number of anilines is 1. The number of para-hydroxylation sites is 2. The summed E-state index contributed by atoms with van der Waals surface area (Å²) in [5.41, 5.74) is 1.54. The third-order valence-electron chi connectivity index (χ3n) is 5.12. The van der Waals surface area contributed by atoms with Gasteiger partial charge in [0, 0.05) is 32.5 Å². The van der Waals surface area contributed by atoms with E-state index in [1.165, 1.54) is 16.6 Å². The Hall–Kier alpha value is -2.43. The van der Waals surface area contributed by atoms with E-state index in [1.54, 1.807) is 34.8 Å². The van der Waals surface area contributed by atoms with E-state index in [9.17, 15) is 13.2 Å². The van der Waals surface area contributed by atoms with Gasteiger partial charge in [-0.2, -0.15) is 9.40 Å². The van der Waals surface area contributed by atoms with Crippen LogP contribution in [0.4, 0.5) is 5.69 Å². The molecule has 1 amide bonds. The van der Waals surface area contributed by atoms with Gasteiger partial charge in [0.05, 0.1) is 22.0 Å². The number of piperidine rings is 1. The minimum absolute atomic E-state index is 0.140. The van der Waals surface area contributed by atoms with E-state index in [0.29, 0.717) is 24.5 Å². The monoisotopic (exact) mass is 491 g/mol. The molecular formula is C20H22BrN5O3S. The van der Waals surface area contributed by atoms with Crippen LogP contribution < -0.4 is 5.32 Å². The Morgan fingerprint density at radius 3 is 2.57 bits per heavy atom. The zero-order valence-electron chi connectivity index (χ0n) is 16.5. The lowest BCUT2D eigenvalue weighted by atomic mass is 10.2. The van der Waals surface area contributed by atoms with Gasteiger partial charge in [0.25, 0.3) is 5.91 Å². The quantitative estimate of drug-likeness (QED) is 0.592. The van der Waals surface area contributed by atoms with Crippen molar-refractivity contribution >= 4 is 37.5 Å². The molecule has 3 aromatic rings. The van der Waals surface area contributed by atoms with E-state index in [2.05, 4.69) is 26.3 Å². The number of hydrogen-bond donors (Lipinski definition) is 1. The van der Waals surface area contributed by atoms with Crippen molar-refractivity contribution in [3.8, 4) is 5.69 Å². The third-order valence-corrected chi connectivity index (χ3v) is 7.39. The summed E-state index contributed by atoms with van der Waals surface area (Å²) in [6.45, 7) is 1.04. The summed E-state index contributed by atoms with van der Waals surface area (Å²) in [6, 6.07) is 8.72. The molecule has 1 N–H and O–H groups in total. The van der Waals surface area contributed by atoms with E-state index in [-0.39, 0.29) is 10.6 Å². The largest absolute Gasteiger partial charge is 0.345 e. The predicted octanol–water partition coefficient (Wildman–Crippen LogP) is 3.40. The molecule has 0 bridgehead atoms. The van der Waals surface area contributed by atoms with Crippen molar-refractivity contribution in [3.05, 3.63) is 59.1 Å². The summed E-state index contributed by atoms with van der Waals surface area (Å²) in [5, 5.41) is 7.14. The van der Waals surface area contributed by atoms with Crippen LogP contribution in [0.25, 0.3) is 5.69 Å². The van der Waals surface area contributed by atoms with Crippen LogP contribution in [-0.4, -0.2) is 46.1 Å². The standard InChI is InChI=1S/C20H22BrN5O3S/c1-24-14-16(30(28,29)25-9-5-2-6-10-25)11-19(24)20(27)23-17-7-3-4-8-18(17)26-13-15(21)12-22-26/h3-4,7-8,11-14H,2,5-6,9-10H2,1H3,(H,23,27). The topological polar surface area (TPSA) is 89.2 Å².